The highest BCUT2D eigenvalue weighted by Crippen LogP contribution is 2.30. The summed E-state index contributed by atoms with van der Waals surface area (Å²) in [7, 11) is -3.36. The summed E-state index contributed by atoms with van der Waals surface area (Å²) in [6.45, 7) is 5.63. The minimum absolute atomic E-state index is 0.164. The molecule has 37 heavy (non-hydrogen) atoms. The van der Waals surface area contributed by atoms with Crippen molar-refractivity contribution in [3.8, 4) is 5.75 Å². The Labute approximate surface area is 215 Å². The van der Waals surface area contributed by atoms with Crippen LogP contribution in [0.5, 0.6) is 5.75 Å². The number of sulfone groups is 1. The summed E-state index contributed by atoms with van der Waals surface area (Å²) in [6, 6.07) is 17.7. The maximum Gasteiger partial charge on any atom is 0.416 e. The van der Waals surface area contributed by atoms with Gasteiger partial charge in [0.05, 0.1) is 17.1 Å². The van der Waals surface area contributed by atoms with Crippen LogP contribution in [0.4, 0.5) is 17.6 Å². The van der Waals surface area contributed by atoms with Gasteiger partial charge in [-0.3, -0.25) is 4.90 Å². The molecule has 0 aliphatic heterocycles. The van der Waals surface area contributed by atoms with Crippen LogP contribution in [0.3, 0.4) is 0 Å². The van der Waals surface area contributed by atoms with Gasteiger partial charge >= 0.3 is 6.18 Å². The number of benzene rings is 3. The molecule has 3 rings (SSSR count). The van der Waals surface area contributed by atoms with Crippen molar-refractivity contribution in [3.63, 3.8) is 0 Å². The predicted octanol–water partition coefficient (Wildman–Crippen LogP) is 6.50. The molecule has 0 radical (unpaired) electrons. The van der Waals surface area contributed by atoms with Gasteiger partial charge in [0.2, 0.25) is 0 Å². The van der Waals surface area contributed by atoms with Gasteiger partial charge in [-0.1, -0.05) is 50.2 Å². The number of hydrogen-bond acceptors (Lipinski definition) is 4. The number of nitrogens with zero attached hydrogens (tertiary/aromatic N) is 1. The Balaban J connectivity index is 1.72. The molecule has 200 valence electrons. The van der Waals surface area contributed by atoms with Crippen molar-refractivity contribution in [1.29, 1.82) is 0 Å². The highest BCUT2D eigenvalue weighted by Gasteiger charge is 2.31. The minimum atomic E-state index is -4.43. The van der Waals surface area contributed by atoms with E-state index in [-0.39, 0.29) is 17.3 Å². The molecule has 0 bridgehead atoms. The predicted molar refractivity (Wildman–Crippen MR) is 136 cm³/mol. The van der Waals surface area contributed by atoms with Crippen LogP contribution in [0, 0.1) is 5.82 Å². The summed E-state index contributed by atoms with van der Waals surface area (Å²) in [5.74, 6) is 0.0939. The highest BCUT2D eigenvalue weighted by molar-refractivity contribution is 7.90. The van der Waals surface area contributed by atoms with Crippen LogP contribution in [0.1, 0.15) is 37.0 Å². The summed E-state index contributed by atoms with van der Waals surface area (Å²) >= 11 is 0. The average molecular weight is 538 g/mol. The molecule has 0 N–H and O–H groups in total. The van der Waals surface area contributed by atoms with E-state index in [2.05, 4.69) is 4.90 Å². The summed E-state index contributed by atoms with van der Waals surface area (Å²) in [4.78, 5) is 2.21. The monoisotopic (exact) mass is 537 g/mol. The molecule has 9 heteroatoms. The van der Waals surface area contributed by atoms with Gasteiger partial charge in [0.1, 0.15) is 11.6 Å². The van der Waals surface area contributed by atoms with Crippen molar-refractivity contribution in [2.75, 3.05) is 26.0 Å². The molecule has 3 aromatic rings. The minimum Gasteiger partial charge on any atom is -0.494 e. The van der Waals surface area contributed by atoms with Crippen molar-refractivity contribution >= 4 is 9.84 Å². The van der Waals surface area contributed by atoms with Gasteiger partial charge in [-0.25, -0.2) is 12.8 Å². The van der Waals surface area contributed by atoms with Crippen LogP contribution in [-0.2, 0) is 28.0 Å². The second-order valence-electron chi connectivity index (χ2n) is 9.75. The quantitative estimate of drug-likeness (QED) is 0.207. The Morgan fingerprint density at radius 2 is 1.57 bits per heavy atom. The van der Waals surface area contributed by atoms with Gasteiger partial charge in [0.15, 0.2) is 9.84 Å². The molecular formula is C28H31F4NO3S. The maximum atomic E-state index is 13.4. The van der Waals surface area contributed by atoms with Gasteiger partial charge in [0, 0.05) is 31.3 Å². The number of ether oxygens (including phenoxy) is 1. The van der Waals surface area contributed by atoms with Crippen molar-refractivity contribution in [2.24, 2.45) is 0 Å². The Kier molecular flexibility index (Phi) is 9.02. The molecule has 0 atom stereocenters. The Hall–Kier alpha value is -2.91. The molecule has 0 aliphatic rings. The Morgan fingerprint density at radius 3 is 2.22 bits per heavy atom. The topological polar surface area (TPSA) is 46.6 Å². The van der Waals surface area contributed by atoms with Crippen molar-refractivity contribution in [1.82, 2.24) is 4.90 Å². The third-order valence-corrected chi connectivity index (χ3v) is 7.14. The van der Waals surface area contributed by atoms with E-state index in [9.17, 15) is 26.0 Å². The molecule has 0 aliphatic carbocycles. The first kappa shape index (κ1) is 28.7. The molecule has 0 unspecified atom stereocenters. The zero-order chi connectivity index (χ0) is 27.3. The van der Waals surface area contributed by atoms with Crippen LogP contribution in [0.2, 0.25) is 0 Å². The van der Waals surface area contributed by atoms with E-state index in [0.29, 0.717) is 37.4 Å². The molecule has 0 aromatic heterocycles. The van der Waals surface area contributed by atoms with Crippen LogP contribution in [-0.4, -0.2) is 39.3 Å². The molecule has 0 saturated carbocycles. The van der Waals surface area contributed by atoms with Crippen molar-refractivity contribution in [2.45, 2.75) is 43.3 Å². The van der Waals surface area contributed by atoms with E-state index in [4.69, 9.17) is 4.74 Å². The third kappa shape index (κ3) is 8.57. The Bertz CT molecular complexity index is 1290. The van der Waals surface area contributed by atoms with Gasteiger partial charge in [-0.15, -0.1) is 0 Å². The zero-order valence-electron chi connectivity index (χ0n) is 21.1. The fourth-order valence-corrected chi connectivity index (χ4v) is 4.80. The van der Waals surface area contributed by atoms with E-state index in [1.807, 2.05) is 13.8 Å². The molecule has 0 saturated heterocycles. The van der Waals surface area contributed by atoms with Gasteiger partial charge in [0.25, 0.3) is 0 Å². The molecule has 0 heterocycles. The lowest BCUT2D eigenvalue weighted by molar-refractivity contribution is -0.137. The lowest BCUT2D eigenvalue weighted by Gasteiger charge is -2.33. The first-order chi connectivity index (χ1) is 17.2. The number of hydrogen-bond donors (Lipinski definition) is 0. The number of alkyl halides is 3. The summed E-state index contributed by atoms with van der Waals surface area (Å²) in [6.07, 6.45) is -2.75. The molecule has 0 spiro atoms. The fourth-order valence-electron chi connectivity index (χ4n) is 4.14. The van der Waals surface area contributed by atoms with E-state index >= 15 is 0 Å². The smallest absolute Gasteiger partial charge is 0.416 e. The molecule has 0 amide bonds. The fraction of sp³-hybridized carbons (Fsp3) is 0.357. The molecular weight excluding hydrogens is 506 g/mol. The Morgan fingerprint density at radius 1 is 0.892 bits per heavy atom. The van der Waals surface area contributed by atoms with Crippen LogP contribution in [0.25, 0.3) is 0 Å². The van der Waals surface area contributed by atoms with Crippen LogP contribution < -0.4 is 4.74 Å². The van der Waals surface area contributed by atoms with Gasteiger partial charge in [-0.05, 0) is 53.9 Å². The normalized spacial score (nSPS) is 12.6. The first-order valence-electron chi connectivity index (χ1n) is 11.8. The second-order valence-corrected chi connectivity index (χ2v) is 11.8. The number of rotatable bonds is 11. The van der Waals surface area contributed by atoms with E-state index < -0.39 is 27.0 Å². The number of halogens is 4. The highest BCUT2D eigenvalue weighted by atomic mass is 32.2. The van der Waals surface area contributed by atoms with Crippen molar-refractivity contribution < 1.29 is 30.7 Å². The van der Waals surface area contributed by atoms with Gasteiger partial charge in [-0.2, -0.15) is 13.2 Å². The lowest BCUT2D eigenvalue weighted by Crippen LogP contribution is -2.37. The van der Waals surface area contributed by atoms with E-state index in [1.54, 1.807) is 30.3 Å². The maximum absolute atomic E-state index is 13.4. The third-order valence-electron chi connectivity index (χ3n) is 6.03. The molecule has 0 fully saturated rings. The summed E-state index contributed by atoms with van der Waals surface area (Å²) in [5.41, 5.74) is 0.347. The van der Waals surface area contributed by atoms with Crippen LogP contribution >= 0.6 is 0 Å². The molecule has 3 aromatic carbocycles. The second kappa shape index (κ2) is 11.6. The standard InChI is InChI=1S/C28H31F4NO3S/c1-27(2,22-11-13-24(29)14-12-22)20-33(19-21-7-4-8-23(17-21)28(30,31)32)15-6-16-36-25-9-5-10-26(18-25)37(3,34)35/h4-5,7-14,17-18H,6,15-16,19-20H2,1-3H3. The lowest BCUT2D eigenvalue weighted by atomic mass is 9.84. The van der Waals surface area contributed by atoms with E-state index in [1.165, 1.54) is 30.3 Å². The van der Waals surface area contributed by atoms with E-state index in [0.717, 1.165) is 24.0 Å². The van der Waals surface area contributed by atoms with Crippen LogP contribution in [0.15, 0.2) is 77.7 Å². The van der Waals surface area contributed by atoms with Gasteiger partial charge < -0.3 is 4.74 Å². The molecule has 4 nitrogen and oxygen atoms in total. The largest absolute Gasteiger partial charge is 0.494 e. The van der Waals surface area contributed by atoms with Crippen molar-refractivity contribution in [3.05, 3.63) is 95.3 Å². The zero-order valence-corrected chi connectivity index (χ0v) is 21.9. The average Bonchev–Trinajstić information content (AvgIpc) is 2.81. The summed E-state index contributed by atoms with van der Waals surface area (Å²) in [5, 5.41) is 0. The summed E-state index contributed by atoms with van der Waals surface area (Å²) < 4.78 is 82.5. The first-order valence-corrected chi connectivity index (χ1v) is 13.7. The SMILES string of the molecule is CC(C)(CN(CCCOc1cccc(S(C)(=O)=O)c1)Cc1cccc(C(F)(F)F)c1)c1ccc(F)cc1.